The van der Waals surface area contributed by atoms with Crippen LogP contribution in [-0.4, -0.2) is 57.4 Å². The number of carbonyl (C=O) groups excluding carboxylic acids is 1. The molecule has 4 rings (SSSR count). The highest BCUT2D eigenvalue weighted by Crippen LogP contribution is 2.55. The minimum Gasteiger partial charge on any atom is -0.492 e. The first-order valence-corrected chi connectivity index (χ1v) is 12.1. The molecule has 2 aliphatic rings. The van der Waals surface area contributed by atoms with Crippen LogP contribution in [0.1, 0.15) is 51.5 Å². The third kappa shape index (κ3) is 4.72. The van der Waals surface area contributed by atoms with Gasteiger partial charge in [0.25, 0.3) is 10.0 Å². The van der Waals surface area contributed by atoms with E-state index in [-0.39, 0.29) is 34.9 Å². The number of benzene rings is 2. The van der Waals surface area contributed by atoms with E-state index in [9.17, 15) is 27.5 Å². The molecule has 0 saturated heterocycles. The van der Waals surface area contributed by atoms with Crippen molar-refractivity contribution >= 4 is 27.5 Å². The molecule has 2 N–H and O–H groups in total. The second-order valence-electron chi connectivity index (χ2n) is 8.70. The summed E-state index contributed by atoms with van der Waals surface area (Å²) in [6, 6.07) is 5.93. The lowest BCUT2D eigenvalue weighted by molar-refractivity contribution is 0.0692. The Morgan fingerprint density at radius 1 is 1.24 bits per heavy atom. The van der Waals surface area contributed by atoms with Crippen molar-refractivity contribution in [2.75, 3.05) is 32.0 Å². The minimum absolute atomic E-state index is 0.0414. The highest BCUT2D eigenvalue weighted by molar-refractivity contribution is 7.92. The Morgan fingerprint density at radius 2 is 2.00 bits per heavy atom. The molecule has 1 fully saturated rings. The maximum atomic E-state index is 13.9. The lowest BCUT2D eigenvalue weighted by Crippen LogP contribution is -2.21. The molecular formula is C23H25FN2O6S. The van der Waals surface area contributed by atoms with Gasteiger partial charge < -0.3 is 14.7 Å². The molecule has 1 saturated carbocycles. The summed E-state index contributed by atoms with van der Waals surface area (Å²) in [6.45, 7) is 0.998. The van der Waals surface area contributed by atoms with Crippen LogP contribution in [0, 0.1) is 11.7 Å². The Balaban J connectivity index is 1.68. The smallest absolute Gasteiger partial charge is 0.341 e. The maximum Gasteiger partial charge on any atom is 0.341 e. The van der Waals surface area contributed by atoms with E-state index in [2.05, 4.69) is 4.72 Å². The number of rotatable bonds is 9. The second-order valence-corrected chi connectivity index (χ2v) is 10.4. The first-order valence-electron chi connectivity index (χ1n) is 10.6. The highest BCUT2D eigenvalue weighted by Gasteiger charge is 2.45. The lowest BCUT2D eigenvalue weighted by Gasteiger charge is -2.21. The average molecular weight is 477 g/mol. The van der Waals surface area contributed by atoms with Crippen LogP contribution in [-0.2, 0) is 10.0 Å². The molecule has 10 heteroatoms. The van der Waals surface area contributed by atoms with Crippen LogP contribution in [0.3, 0.4) is 0 Å². The summed E-state index contributed by atoms with van der Waals surface area (Å²) >= 11 is 0. The van der Waals surface area contributed by atoms with Gasteiger partial charge in [0, 0.05) is 17.9 Å². The number of carboxylic acids is 1. The van der Waals surface area contributed by atoms with E-state index in [0.717, 1.165) is 30.2 Å². The number of aromatic carboxylic acids is 1. The van der Waals surface area contributed by atoms with Crippen LogP contribution in [0.4, 0.5) is 10.1 Å². The van der Waals surface area contributed by atoms with Gasteiger partial charge in [0.15, 0.2) is 5.78 Å². The van der Waals surface area contributed by atoms with Gasteiger partial charge in [-0.05, 0) is 69.2 Å². The molecule has 1 heterocycles. The van der Waals surface area contributed by atoms with Gasteiger partial charge in [0.05, 0.1) is 17.2 Å². The molecule has 0 bridgehead atoms. The van der Waals surface area contributed by atoms with E-state index in [4.69, 9.17) is 4.74 Å². The largest absolute Gasteiger partial charge is 0.492 e. The molecule has 8 nitrogen and oxygen atoms in total. The zero-order chi connectivity index (χ0) is 23.9. The number of nitrogens with one attached hydrogen (secondary N) is 1. The quantitative estimate of drug-likeness (QED) is 0.534. The van der Waals surface area contributed by atoms with Crippen LogP contribution in [0.15, 0.2) is 35.2 Å². The van der Waals surface area contributed by atoms with E-state index in [1.807, 2.05) is 19.0 Å². The third-order valence-electron chi connectivity index (χ3n) is 5.95. The fourth-order valence-electron chi connectivity index (χ4n) is 4.19. The SMILES string of the molecule is CN(C)CCCC(=O)c1cc(F)ccc1S(=O)(=O)Nc1ccc2c(c1C(=O)O)OCC1CC21. The van der Waals surface area contributed by atoms with E-state index < -0.39 is 32.5 Å². The number of fused-ring (bicyclic) bond motifs is 3. The van der Waals surface area contributed by atoms with Crippen LogP contribution >= 0.6 is 0 Å². The topological polar surface area (TPSA) is 113 Å². The van der Waals surface area contributed by atoms with E-state index in [1.165, 1.54) is 6.07 Å². The van der Waals surface area contributed by atoms with E-state index >= 15 is 0 Å². The molecule has 1 aliphatic carbocycles. The molecule has 33 heavy (non-hydrogen) atoms. The molecule has 1 aliphatic heterocycles. The molecule has 2 atom stereocenters. The predicted molar refractivity (Wildman–Crippen MR) is 119 cm³/mol. The van der Waals surface area contributed by atoms with Crippen molar-refractivity contribution in [3.8, 4) is 5.75 Å². The number of halogens is 1. The van der Waals surface area contributed by atoms with Crippen molar-refractivity contribution in [3.05, 3.63) is 52.8 Å². The first kappa shape index (κ1) is 23.2. The summed E-state index contributed by atoms with van der Waals surface area (Å²) in [5.41, 5.74) is 0.0383. The Morgan fingerprint density at radius 3 is 2.70 bits per heavy atom. The Hall–Kier alpha value is -2.98. The van der Waals surface area contributed by atoms with E-state index in [0.29, 0.717) is 25.5 Å². The molecule has 176 valence electrons. The van der Waals surface area contributed by atoms with Gasteiger partial charge >= 0.3 is 5.97 Å². The summed E-state index contributed by atoms with van der Waals surface area (Å²) in [5, 5.41) is 9.79. The zero-order valence-electron chi connectivity index (χ0n) is 18.3. The third-order valence-corrected chi connectivity index (χ3v) is 7.37. The summed E-state index contributed by atoms with van der Waals surface area (Å²) in [4.78, 5) is 26.2. The van der Waals surface area contributed by atoms with Crippen molar-refractivity contribution in [1.29, 1.82) is 0 Å². The standard InChI is InChI=1S/C23H25FN2O6S/c1-26(2)9-3-4-19(27)17-11-14(24)5-8-20(17)33(30,31)25-18-7-6-15-16-10-13(16)12-32-22(15)21(18)23(28)29/h5-8,11,13,16,25H,3-4,9-10,12H2,1-2H3,(H,28,29). The number of sulfonamides is 1. The number of Topliss-reactive ketones (excluding diaryl/α,β-unsaturated/α-hetero) is 1. The Labute approximate surface area is 191 Å². The number of carbonyl (C=O) groups is 2. The summed E-state index contributed by atoms with van der Waals surface area (Å²) in [6.07, 6.45) is 1.43. The van der Waals surface area contributed by atoms with Crippen LogP contribution in [0.5, 0.6) is 5.75 Å². The average Bonchev–Trinajstić information content (AvgIpc) is 3.52. The van der Waals surface area contributed by atoms with Gasteiger partial charge in [-0.3, -0.25) is 9.52 Å². The summed E-state index contributed by atoms with van der Waals surface area (Å²) < 4.78 is 48.2. The molecule has 0 amide bonds. The fourth-order valence-corrected chi connectivity index (χ4v) is 5.47. The van der Waals surface area contributed by atoms with Crippen LogP contribution in [0.25, 0.3) is 0 Å². The van der Waals surface area contributed by atoms with Crippen LogP contribution in [0.2, 0.25) is 0 Å². The van der Waals surface area contributed by atoms with Gasteiger partial charge in [0.1, 0.15) is 17.1 Å². The number of nitrogens with zero attached hydrogens (tertiary/aromatic N) is 1. The molecule has 0 aromatic heterocycles. The Kier molecular flexibility index (Phi) is 6.15. The van der Waals surface area contributed by atoms with Crippen molar-refractivity contribution < 1.29 is 32.2 Å². The maximum absolute atomic E-state index is 13.9. The monoisotopic (exact) mass is 476 g/mol. The van der Waals surface area contributed by atoms with Crippen molar-refractivity contribution in [2.45, 2.75) is 30.1 Å². The van der Waals surface area contributed by atoms with Crippen molar-refractivity contribution in [1.82, 2.24) is 4.90 Å². The first-order chi connectivity index (χ1) is 15.6. The van der Waals surface area contributed by atoms with E-state index in [1.54, 1.807) is 6.07 Å². The van der Waals surface area contributed by atoms with Gasteiger partial charge in [-0.25, -0.2) is 17.6 Å². The minimum atomic E-state index is -4.40. The van der Waals surface area contributed by atoms with Gasteiger partial charge in [-0.2, -0.15) is 0 Å². The normalized spacial score (nSPS) is 18.8. The molecule has 0 radical (unpaired) electrons. The number of hydrogen-bond donors (Lipinski definition) is 2. The summed E-state index contributed by atoms with van der Waals surface area (Å²) in [7, 11) is -0.709. The molecule has 2 aromatic carbocycles. The van der Waals surface area contributed by atoms with Crippen LogP contribution < -0.4 is 9.46 Å². The summed E-state index contributed by atoms with van der Waals surface area (Å²) in [5.74, 6) is -1.83. The van der Waals surface area contributed by atoms with Gasteiger partial charge in [-0.1, -0.05) is 6.07 Å². The molecular weight excluding hydrogens is 451 g/mol. The number of hydrogen-bond acceptors (Lipinski definition) is 6. The highest BCUT2D eigenvalue weighted by atomic mass is 32.2. The van der Waals surface area contributed by atoms with Gasteiger partial charge in [-0.15, -0.1) is 0 Å². The lowest BCUT2D eigenvalue weighted by atomic mass is 10.0. The van der Waals surface area contributed by atoms with Gasteiger partial charge in [0.2, 0.25) is 0 Å². The Bertz CT molecular complexity index is 1230. The number of ketones is 1. The molecule has 2 aromatic rings. The predicted octanol–water partition coefficient (Wildman–Crippen LogP) is 3.35. The molecule has 2 unspecified atom stereocenters. The second kappa shape index (κ2) is 8.75. The molecule has 0 spiro atoms. The van der Waals surface area contributed by atoms with Crippen molar-refractivity contribution in [2.24, 2.45) is 5.92 Å². The number of anilines is 1. The number of ether oxygens (including phenoxy) is 1. The number of carboxylic acid groups (broad SMARTS) is 1. The zero-order valence-corrected chi connectivity index (χ0v) is 19.1. The fraction of sp³-hybridized carbons (Fsp3) is 0.391. The van der Waals surface area contributed by atoms with Crippen molar-refractivity contribution in [3.63, 3.8) is 0 Å².